The molecule has 104 heavy (non-hydrogen) atoms. The first-order chi connectivity index (χ1) is 48.1. The van der Waals surface area contributed by atoms with Gasteiger partial charge in [-0.25, -0.2) is 8.42 Å². The van der Waals surface area contributed by atoms with Gasteiger partial charge in [0, 0.05) is 129 Å². The van der Waals surface area contributed by atoms with E-state index >= 15 is 0 Å². The lowest BCUT2D eigenvalue weighted by atomic mass is 9.69. The van der Waals surface area contributed by atoms with E-state index < -0.39 is 21.0 Å². The van der Waals surface area contributed by atoms with Gasteiger partial charge in [0.1, 0.15) is 46.3 Å². The Bertz CT molecular complexity index is 2660. The second-order valence-electron chi connectivity index (χ2n) is 34.7. The van der Waals surface area contributed by atoms with Crippen LogP contribution in [0.2, 0.25) is 0 Å². The Morgan fingerprint density at radius 3 is 1.16 bits per heavy atom. The first kappa shape index (κ1) is 98.4. The summed E-state index contributed by atoms with van der Waals surface area (Å²) >= 11 is 0. The van der Waals surface area contributed by atoms with Crippen molar-refractivity contribution in [3.63, 3.8) is 0 Å². The number of amides is 1. The van der Waals surface area contributed by atoms with Gasteiger partial charge in [-0.05, 0) is 150 Å². The summed E-state index contributed by atoms with van der Waals surface area (Å²) in [6, 6.07) is 0. The monoisotopic (exact) mass is 1490 g/mol. The minimum Gasteiger partial charge on any atom is -0.393 e. The molecular weight excluding hydrogens is 1340 g/mol. The third-order valence-corrected chi connectivity index (χ3v) is 23.2. The van der Waals surface area contributed by atoms with Crippen molar-refractivity contribution in [2.24, 2.45) is 70.5 Å². The molecule has 8 rings (SSSR count). The van der Waals surface area contributed by atoms with Gasteiger partial charge < -0.3 is 35.5 Å². The number of rotatable bonds is 20. The predicted molar refractivity (Wildman–Crippen MR) is 417 cm³/mol. The molecule has 1 unspecified atom stereocenters. The van der Waals surface area contributed by atoms with Crippen molar-refractivity contribution in [1.82, 2.24) is 34.7 Å². The van der Waals surface area contributed by atoms with Crippen molar-refractivity contribution >= 4 is 62.0 Å². The summed E-state index contributed by atoms with van der Waals surface area (Å²) in [4.78, 5) is 116. The summed E-state index contributed by atoms with van der Waals surface area (Å²) < 4.78 is 22.2. The average molecular weight is 1500 g/mol. The van der Waals surface area contributed by atoms with E-state index in [0.717, 1.165) is 155 Å². The standard InChI is InChI=1S/C11H21NO2.2C11H20O2.C10H19NO2.2C10H19NO.C9H16N2O2.C9H17NO3S/c1-9(2)10(13)8-12-6-4-11(3,14)5-7-12;1-8(2)10(13)11(3)6-4-9(12)5-7-11;1-8(2)10(12)9-4-6-11(3,13)7-5-9;1-8(2)10(13)7-11-5-3-9(12)4-6-11;1-8(2)10(12)9-4-6-11(3)7-5-9;1-8(2)10(12)9-5-4-6-11(3)7-9;1-7(2)8(12)5-11-4-3-10-9(13)6-11;1-8(2)9(11)7-10-3-5-14(12,13)6-4-10/h9,14H,4-8H2,1-3H3;8-9,12H,4-7H2,1-3H3;8-9,13H,4-7H2,1-3H3;8-9,12H,3-7H2,1-2H3;2*8-9H,4-7H2,1-3H3;7H,3-6H2,1-2H3,(H,10,13);8H,3-7H2,1-2H3. The molecule has 0 bridgehead atoms. The number of piperazine rings is 1. The average Bonchev–Trinajstić information content (AvgIpc) is 0.829. The van der Waals surface area contributed by atoms with Crippen LogP contribution < -0.4 is 5.32 Å². The number of Topliss-reactive ketones (excluding diaryl/α,β-unsaturated/α-hetero) is 8. The summed E-state index contributed by atoms with van der Waals surface area (Å²) in [5.41, 5.74) is -1.20. The zero-order valence-electron chi connectivity index (χ0n) is 69.1. The molecule has 8 aliphatic rings. The van der Waals surface area contributed by atoms with Gasteiger partial charge in [0.15, 0.2) is 9.84 Å². The van der Waals surface area contributed by atoms with Gasteiger partial charge >= 0.3 is 0 Å². The number of carbonyl (C=O) groups is 9. The van der Waals surface area contributed by atoms with Crippen LogP contribution >= 0.6 is 0 Å². The lowest BCUT2D eigenvalue weighted by Crippen LogP contribution is -2.49. The zero-order chi connectivity index (χ0) is 79.6. The number of likely N-dealkylation sites (tertiary alicyclic amines) is 4. The number of ketones is 8. The number of hydrogen-bond acceptors (Lipinski definition) is 21. The Balaban J connectivity index is 0.000000595. The van der Waals surface area contributed by atoms with Crippen molar-refractivity contribution in [2.45, 2.75) is 258 Å². The molecule has 6 heterocycles. The van der Waals surface area contributed by atoms with Crippen LogP contribution in [0.3, 0.4) is 0 Å². The molecule has 0 spiro atoms. The van der Waals surface area contributed by atoms with E-state index in [4.69, 9.17) is 0 Å². The molecule has 0 aromatic carbocycles. The number of nitrogens with zero attached hydrogens (tertiary/aromatic N) is 6. The molecule has 8 fully saturated rings. The fourth-order valence-corrected chi connectivity index (χ4v) is 14.7. The molecule has 6 aliphatic heterocycles. The second-order valence-corrected chi connectivity index (χ2v) is 37.0. The third kappa shape index (κ3) is 41.3. The quantitative estimate of drug-likeness (QED) is 0.0761. The van der Waals surface area contributed by atoms with Gasteiger partial charge in [-0.3, -0.25) is 62.8 Å². The molecule has 1 atom stereocenters. The highest BCUT2D eigenvalue weighted by atomic mass is 32.2. The van der Waals surface area contributed by atoms with E-state index in [-0.39, 0.29) is 99.9 Å². The molecule has 0 aromatic heterocycles. The van der Waals surface area contributed by atoms with Crippen LogP contribution in [0.4, 0.5) is 0 Å². The van der Waals surface area contributed by atoms with E-state index in [1.54, 1.807) is 0 Å². The smallest absolute Gasteiger partial charge is 0.234 e. The molecule has 22 nitrogen and oxygen atoms in total. The molecule has 1 amide bonds. The van der Waals surface area contributed by atoms with E-state index in [1.807, 2.05) is 141 Å². The number of aliphatic hydroxyl groups is 4. The maximum absolute atomic E-state index is 11.8. The van der Waals surface area contributed by atoms with Crippen LogP contribution in [0.5, 0.6) is 0 Å². The number of hydrogen-bond donors (Lipinski definition) is 5. The Hall–Kier alpha value is -3.62. The van der Waals surface area contributed by atoms with Gasteiger partial charge in [0.25, 0.3) is 0 Å². The number of aliphatic hydroxyl groups excluding tert-OH is 2. The van der Waals surface area contributed by atoms with Crippen LogP contribution in [-0.4, -0.2) is 271 Å². The number of sulfone groups is 1. The van der Waals surface area contributed by atoms with Crippen molar-refractivity contribution in [1.29, 1.82) is 0 Å². The molecule has 606 valence electrons. The fraction of sp³-hybridized carbons (Fsp3) is 0.889. The van der Waals surface area contributed by atoms with Crippen molar-refractivity contribution in [2.75, 3.05) is 137 Å². The Morgan fingerprint density at radius 1 is 0.413 bits per heavy atom. The van der Waals surface area contributed by atoms with Gasteiger partial charge in [-0.1, -0.05) is 118 Å². The molecule has 6 saturated heterocycles. The van der Waals surface area contributed by atoms with Gasteiger partial charge in [-0.15, -0.1) is 0 Å². The Labute approximate surface area is 630 Å². The molecule has 23 heteroatoms. The molecule has 0 aromatic rings. The topological polar surface area (TPSA) is 300 Å². The molecule has 0 radical (unpaired) electrons. The SMILES string of the molecule is CC(C)C(=O)C1(C)CCC(O)CC1.CC(C)C(=O)C1CCC(C)(O)CC1.CC(C)C(=O)C1CCCN(C)C1.CC(C)C(=O)C1CCN(C)CC1.CC(C)C(=O)CN1CCC(C)(O)CC1.CC(C)C(=O)CN1CCC(O)CC1.CC(C)C(=O)CN1CCNC(=O)C1.CC(C)C(=O)CN1CCS(=O)(=O)CC1. The zero-order valence-corrected chi connectivity index (χ0v) is 69.9. The molecular formula is C81H151N7O15S. The first-order valence-electron chi connectivity index (χ1n) is 39.9. The Kier molecular flexibility index (Phi) is 46.2. The highest BCUT2D eigenvalue weighted by Crippen LogP contribution is 2.39. The van der Waals surface area contributed by atoms with Crippen LogP contribution in [0.25, 0.3) is 0 Å². The first-order valence-corrected chi connectivity index (χ1v) is 41.7. The maximum Gasteiger partial charge on any atom is 0.234 e. The van der Waals surface area contributed by atoms with Crippen molar-refractivity contribution in [3.8, 4) is 0 Å². The molecule has 2 saturated carbocycles. The molecule has 5 N–H and O–H groups in total. The lowest BCUT2D eigenvalue weighted by molar-refractivity contribution is -0.134. The third-order valence-electron chi connectivity index (χ3n) is 21.6. The van der Waals surface area contributed by atoms with Crippen LogP contribution in [-0.2, 0) is 53.0 Å². The summed E-state index contributed by atoms with van der Waals surface area (Å²) in [5.74, 6) is 4.95. The predicted octanol–water partition coefficient (Wildman–Crippen LogP) is 8.72. The van der Waals surface area contributed by atoms with Crippen LogP contribution in [0, 0.1) is 70.5 Å². The van der Waals surface area contributed by atoms with Crippen LogP contribution in [0.15, 0.2) is 0 Å². The molecule has 2 aliphatic carbocycles. The minimum atomic E-state index is -2.82. The van der Waals surface area contributed by atoms with E-state index in [9.17, 15) is 72.0 Å². The highest BCUT2D eigenvalue weighted by molar-refractivity contribution is 7.91. The van der Waals surface area contributed by atoms with Gasteiger partial charge in [-0.2, -0.15) is 0 Å². The summed E-state index contributed by atoms with van der Waals surface area (Å²) in [7, 11) is 1.39. The van der Waals surface area contributed by atoms with Gasteiger partial charge in [0.2, 0.25) is 5.91 Å². The van der Waals surface area contributed by atoms with E-state index in [0.29, 0.717) is 98.9 Å². The number of piperidine rings is 4. The summed E-state index contributed by atoms with van der Waals surface area (Å²) in [6.45, 7) is 49.2. The maximum atomic E-state index is 11.8. The fourth-order valence-electron chi connectivity index (χ4n) is 13.4. The van der Waals surface area contributed by atoms with Gasteiger partial charge in [0.05, 0.1) is 67.6 Å². The largest absolute Gasteiger partial charge is 0.393 e. The van der Waals surface area contributed by atoms with Crippen molar-refractivity contribution in [3.05, 3.63) is 0 Å². The van der Waals surface area contributed by atoms with Crippen molar-refractivity contribution < 1.29 is 72.0 Å². The van der Waals surface area contributed by atoms with E-state index in [2.05, 4.69) is 39.0 Å². The minimum absolute atomic E-state index is 0.0165. The number of nitrogens with one attached hydrogen (secondary N) is 1. The number of carbonyl (C=O) groups excluding carboxylic acids is 9. The summed E-state index contributed by atoms with van der Waals surface area (Å²) in [6.07, 6.45) is 13.8. The highest BCUT2D eigenvalue weighted by Gasteiger charge is 2.38. The second kappa shape index (κ2) is 48.8. The lowest BCUT2D eigenvalue weighted by Gasteiger charge is -2.35. The van der Waals surface area contributed by atoms with E-state index in [1.165, 1.54) is 6.42 Å². The normalized spacial score (nSPS) is 25.3. The van der Waals surface area contributed by atoms with Crippen LogP contribution in [0.1, 0.15) is 234 Å². The summed E-state index contributed by atoms with van der Waals surface area (Å²) in [5, 5.41) is 40.8. The Morgan fingerprint density at radius 2 is 0.779 bits per heavy atom.